The van der Waals surface area contributed by atoms with E-state index in [0.717, 1.165) is 0 Å². The summed E-state index contributed by atoms with van der Waals surface area (Å²) in [6.45, 7) is 11.9. The standard InChI is InChI=1S/C45H62O13/c1-23(2)19-33(48)54-30-15-11-12-16-32(47)55-36-24(3)20-31-43(36,52)39(50)42(22-46)38(57-42)34-35(49)45(53,40(6,51)21-27-17-18-29(30)25(27)4)37-26(5)44(31,34)58-41(7,56-37)28-13-9-8-10-14-28/h8-16,23-27,29-31,34-39,46,49-53H,17-22H2,1-7H3/b15-11+,16-12+/t24-,25-,26+,27+,29-,30-,31+,34+,35+,36-,37-,38-,39+,40+,41?,42-,43+,44-,45+/m0/s1. The highest BCUT2D eigenvalue weighted by atomic mass is 16.7. The molecule has 2 saturated heterocycles. The second-order valence-corrected chi connectivity index (χ2v) is 19.6. The third-order valence-electron chi connectivity index (χ3n) is 15.8. The first-order valence-electron chi connectivity index (χ1n) is 21.2. The van der Waals surface area contributed by atoms with E-state index in [4.69, 9.17) is 23.7 Å². The zero-order valence-corrected chi connectivity index (χ0v) is 34.6. The van der Waals surface area contributed by atoms with E-state index < -0.39 is 107 Å². The molecular formula is C45H62O13. The fraction of sp³-hybridized carbons (Fsp3) is 0.733. The largest absolute Gasteiger partial charge is 0.458 e. The summed E-state index contributed by atoms with van der Waals surface area (Å²) < 4.78 is 32.7. The highest BCUT2D eigenvalue weighted by molar-refractivity contribution is 5.82. The number of benzene rings is 1. The number of ether oxygens (including phenoxy) is 5. The fourth-order valence-corrected chi connectivity index (χ4v) is 12.9. The summed E-state index contributed by atoms with van der Waals surface area (Å²) in [5.74, 6) is -6.96. The van der Waals surface area contributed by atoms with E-state index in [0.29, 0.717) is 18.4 Å². The molecule has 4 saturated carbocycles. The zero-order chi connectivity index (χ0) is 42.0. The van der Waals surface area contributed by atoms with Crippen LogP contribution in [-0.4, -0.2) is 114 Å². The molecule has 1 aromatic carbocycles. The Labute approximate surface area is 340 Å². The smallest absolute Gasteiger partial charge is 0.331 e. The molecule has 8 aliphatic rings. The van der Waals surface area contributed by atoms with Crippen LogP contribution in [0.5, 0.6) is 0 Å². The Hall–Kier alpha value is -2.72. The summed E-state index contributed by atoms with van der Waals surface area (Å²) in [7, 11) is 0. The van der Waals surface area contributed by atoms with Crippen molar-refractivity contribution in [3.05, 3.63) is 60.2 Å². The third-order valence-corrected chi connectivity index (χ3v) is 15.8. The van der Waals surface area contributed by atoms with Gasteiger partial charge >= 0.3 is 11.9 Å². The van der Waals surface area contributed by atoms with Gasteiger partial charge in [0.2, 0.25) is 0 Å². The molecule has 13 nitrogen and oxygen atoms in total. The summed E-state index contributed by atoms with van der Waals surface area (Å²) in [5, 5.41) is 76.2. The minimum Gasteiger partial charge on any atom is -0.458 e. The number of esters is 2. The molecule has 13 heteroatoms. The zero-order valence-electron chi connectivity index (χ0n) is 34.6. The summed E-state index contributed by atoms with van der Waals surface area (Å²) >= 11 is 0. The van der Waals surface area contributed by atoms with Crippen molar-refractivity contribution in [3.8, 4) is 0 Å². The van der Waals surface area contributed by atoms with Gasteiger partial charge in [-0.25, -0.2) is 4.79 Å². The van der Waals surface area contributed by atoms with Crippen molar-refractivity contribution in [1.29, 1.82) is 0 Å². The molecule has 1 spiro atoms. The van der Waals surface area contributed by atoms with Crippen molar-refractivity contribution >= 4 is 11.9 Å². The predicted octanol–water partition coefficient (Wildman–Crippen LogP) is 3.06. The number of aliphatic hydroxyl groups is 6. The van der Waals surface area contributed by atoms with Gasteiger partial charge in [-0.1, -0.05) is 77.1 Å². The van der Waals surface area contributed by atoms with E-state index in [9.17, 15) is 40.2 Å². The van der Waals surface area contributed by atoms with E-state index in [1.165, 1.54) is 19.1 Å². The second kappa shape index (κ2) is 14.2. The molecule has 0 radical (unpaired) electrons. The third kappa shape index (κ3) is 5.81. The van der Waals surface area contributed by atoms with Gasteiger partial charge in [0, 0.05) is 41.7 Å². The molecule has 9 bridgehead atoms. The Kier molecular flexibility index (Phi) is 10.3. The molecule has 0 amide bonds. The van der Waals surface area contributed by atoms with Crippen LogP contribution in [-0.2, 0) is 39.1 Å². The summed E-state index contributed by atoms with van der Waals surface area (Å²) in [4.78, 5) is 26.8. The van der Waals surface area contributed by atoms with Crippen LogP contribution in [0.1, 0.15) is 86.1 Å². The fourth-order valence-electron chi connectivity index (χ4n) is 12.9. The van der Waals surface area contributed by atoms with Crippen molar-refractivity contribution < 1.29 is 63.9 Å². The minimum atomic E-state index is -2.40. The molecule has 1 unspecified atom stereocenters. The van der Waals surface area contributed by atoms with E-state index in [1.807, 2.05) is 51.1 Å². The van der Waals surface area contributed by atoms with Crippen LogP contribution in [0.25, 0.3) is 0 Å². The number of fused-ring (bicyclic) bond motifs is 6. The Bertz CT molecular complexity index is 1820. The molecule has 6 fully saturated rings. The molecule has 9 rings (SSSR count). The van der Waals surface area contributed by atoms with Crippen LogP contribution in [0.4, 0.5) is 0 Å². The highest BCUT2D eigenvalue weighted by Gasteiger charge is 2.88. The van der Waals surface area contributed by atoms with Gasteiger partial charge in [-0.05, 0) is 69.3 Å². The van der Waals surface area contributed by atoms with E-state index in [1.54, 1.807) is 32.9 Å². The summed E-state index contributed by atoms with van der Waals surface area (Å²) in [6, 6.07) is 9.08. The topological polar surface area (TPSA) is 205 Å². The van der Waals surface area contributed by atoms with Crippen LogP contribution in [0.2, 0.25) is 0 Å². The van der Waals surface area contributed by atoms with Gasteiger partial charge in [-0.2, -0.15) is 0 Å². The lowest BCUT2D eigenvalue weighted by atomic mass is 9.50. The first-order valence-corrected chi connectivity index (χ1v) is 21.2. The van der Waals surface area contributed by atoms with E-state index >= 15 is 0 Å². The number of carbonyl (C=O) groups excluding carboxylic acids is 2. The highest BCUT2D eigenvalue weighted by Crippen LogP contribution is 2.72. The second-order valence-electron chi connectivity index (χ2n) is 19.6. The lowest BCUT2D eigenvalue weighted by molar-refractivity contribution is -0.465. The Morgan fingerprint density at radius 3 is 2.34 bits per heavy atom. The minimum absolute atomic E-state index is 0.0395. The number of hydrogen-bond acceptors (Lipinski definition) is 13. The molecular weight excluding hydrogens is 748 g/mol. The van der Waals surface area contributed by atoms with Gasteiger partial charge < -0.3 is 54.3 Å². The molecule has 4 aliphatic carbocycles. The van der Waals surface area contributed by atoms with E-state index in [2.05, 4.69) is 0 Å². The lowest BCUT2D eigenvalue weighted by Crippen LogP contribution is -2.84. The average Bonchev–Trinajstić information content (AvgIpc) is 3.72. The quantitative estimate of drug-likeness (QED) is 0.187. The molecule has 6 N–H and O–H groups in total. The Morgan fingerprint density at radius 2 is 1.67 bits per heavy atom. The molecule has 4 aliphatic heterocycles. The molecule has 19 atom stereocenters. The molecule has 4 heterocycles. The van der Waals surface area contributed by atoms with Crippen LogP contribution >= 0.6 is 0 Å². The Morgan fingerprint density at radius 1 is 0.966 bits per heavy atom. The van der Waals surface area contributed by atoms with E-state index in [-0.39, 0.29) is 48.9 Å². The molecule has 0 aromatic heterocycles. The monoisotopic (exact) mass is 810 g/mol. The first kappa shape index (κ1) is 42.0. The maximum Gasteiger partial charge on any atom is 0.331 e. The number of hydrogen-bond donors (Lipinski definition) is 6. The van der Waals surface area contributed by atoms with Gasteiger partial charge in [0.25, 0.3) is 0 Å². The number of carbonyl (C=O) groups is 2. The van der Waals surface area contributed by atoms with Gasteiger partial charge in [-0.15, -0.1) is 0 Å². The number of aliphatic hydroxyl groups excluding tert-OH is 3. The van der Waals surface area contributed by atoms with Gasteiger partial charge in [0.05, 0.1) is 23.9 Å². The number of allylic oxidation sites excluding steroid dienone is 2. The van der Waals surface area contributed by atoms with Crippen molar-refractivity contribution in [2.75, 3.05) is 6.61 Å². The van der Waals surface area contributed by atoms with Crippen LogP contribution in [0.3, 0.4) is 0 Å². The maximum absolute atomic E-state index is 13.7. The Balaban J connectivity index is 1.33. The SMILES string of the molecule is CC(C)CC(=O)O[C@H]1/C=C/C=C/C(=O)O[C@H]2[C@@H](C)C[C@@H]3[C@]2(O)[C@H](O)[C@@]2(CO)O[C@H]2[C@H]2[C@@H](O)[C@@](O)([C@H]4OC(C)(c5ccccc5)O[C@]23[C@@H]4C)[C@](C)(O)C[C@H]2CC[C@H]1[C@H]2C. The number of epoxide rings is 1. The lowest BCUT2D eigenvalue weighted by Gasteiger charge is -2.69. The van der Waals surface area contributed by atoms with Crippen LogP contribution in [0.15, 0.2) is 54.6 Å². The van der Waals surface area contributed by atoms with Crippen LogP contribution in [0, 0.1) is 47.3 Å². The molecule has 1 aromatic rings. The van der Waals surface area contributed by atoms with Crippen molar-refractivity contribution in [3.63, 3.8) is 0 Å². The summed E-state index contributed by atoms with van der Waals surface area (Å²) in [6.07, 6.45) is -0.401. The molecule has 58 heavy (non-hydrogen) atoms. The van der Waals surface area contributed by atoms with Crippen molar-refractivity contribution in [2.24, 2.45) is 47.3 Å². The van der Waals surface area contributed by atoms with Gasteiger partial charge in [0.15, 0.2) is 5.79 Å². The first-order chi connectivity index (χ1) is 27.2. The average molecular weight is 811 g/mol. The van der Waals surface area contributed by atoms with Gasteiger partial charge in [0.1, 0.15) is 47.3 Å². The van der Waals surface area contributed by atoms with Crippen molar-refractivity contribution in [2.45, 2.75) is 151 Å². The van der Waals surface area contributed by atoms with Crippen molar-refractivity contribution in [1.82, 2.24) is 0 Å². The normalized spacial score (nSPS) is 53.1. The number of rotatable bonds is 5. The summed E-state index contributed by atoms with van der Waals surface area (Å²) in [5.41, 5.74) is -9.65. The van der Waals surface area contributed by atoms with Crippen LogP contribution < -0.4 is 0 Å². The molecule has 320 valence electrons. The van der Waals surface area contributed by atoms with Gasteiger partial charge in [-0.3, -0.25) is 4.79 Å². The maximum atomic E-state index is 13.7. The predicted molar refractivity (Wildman–Crippen MR) is 207 cm³/mol.